The number of hydrogen-bond acceptors (Lipinski definition) is 3. The van der Waals surface area contributed by atoms with E-state index in [0.29, 0.717) is 6.04 Å². The molecule has 27 heavy (non-hydrogen) atoms. The first kappa shape index (κ1) is 18.3. The van der Waals surface area contributed by atoms with Gasteiger partial charge in [0.05, 0.1) is 13.2 Å². The van der Waals surface area contributed by atoms with E-state index in [4.69, 9.17) is 4.74 Å². The molecule has 1 unspecified atom stereocenters. The van der Waals surface area contributed by atoms with Crippen molar-refractivity contribution >= 4 is 16.7 Å². The minimum absolute atomic E-state index is 0.632. The summed E-state index contributed by atoms with van der Waals surface area (Å²) in [6.45, 7) is 6.92. The molecule has 1 atom stereocenters. The number of nitrogens with zero attached hydrogens (tertiary/aromatic N) is 3. The van der Waals surface area contributed by atoms with E-state index in [1.54, 1.807) is 0 Å². The first-order valence-corrected chi connectivity index (χ1v) is 10.1. The van der Waals surface area contributed by atoms with Gasteiger partial charge < -0.3 is 15.0 Å². The first-order valence-electron chi connectivity index (χ1n) is 10.1. The van der Waals surface area contributed by atoms with Gasteiger partial charge >= 0.3 is 0 Å². The van der Waals surface area contributed by atoms with E-state index < -0.39 is 0 Å². The zero-order valence-electron chi connectivity index (χ0n) is 16.2. The summed E-state index contributed by atoms with van der Waals surface area (Å²) in [4.78, 5) is 9.50. The van der Waals surface area contributed by atoms with Crippen LogP contribution in [0.15, 0.2) is 47.5 Å². The molecule has 2 aliphatic heterocycles. The maximum atomic E-state index is 5.49. The molecule has 4 rings (SSSR count). The Labute approximate surface area is 162 Å². The van der Waals surface area contributed by atoms with Crippen LogP contribution in [0.3, 0.4) is 0 Å². The van der Waals surface area contributed by atoms with Crippen molar-refractivity contribution in [2.45, 2.75) is 18.9 Å². The number of ether oxygens (including phenoxy) is 1. The summed E-state index contributed by atoms with van der Waals surface area (Å²) in [5, 5.41) is 6.18. The molecule has 2 aliphatic rings. The van der Waals surface area contributed by atoms with Crippen LogP contribution in [0.4, 0.5) is 0 Å². The van der Waals surface area contributed by atoms with Crippen molar-refractivity contribution in [3.05, 3.63) is 48.0 Å². The molecular formula is C22H30N4O. The lowest BCUT2D eigenvalue weighted by molar-refractivity contribution is 0.0195. The monoisotopic (exact) mass is 366 g/mol. The van der Waals surface area contributed by atoms with Crippen molar-refractivity contribution in [3.8, 4) is 0 Å². The third-order valence-corrected chi connectivity index (χ3v) is 5.75. The first-order chi connectivity index (χ1) is 13.3. The van der Waals surface area contributed by atoms with Crippen LogP contribution in [-0.2, 0) is 11.2 Å². The lowest BCUT2D eigenvalue weighted by atomic mass is 10.1. The number of morpholine rings is 1. The van der Waals surface area contributed by atoms with Gasteiger partial charge in [-0.25, -0.2) is 0 Å². The Balaban J connectivity index is 1.29. The molecule has 5 nitrogen and oxygen atoms in total. The minimum Gasteiger partial charge on any atom is -0.379 e. The van der Waals surface area contributed by atoms with Gasteiger partial charge in [-0.1, -0.05) is 42.5 Å². The van der Waals surface area contributed by atoms with Crippen LogP contribution >= 0.6 is 0 Å². The van der Waals surface area contributed by atoms with Crippen LogP contribution in [0.1, 0.15) is 12.0 Å². The fraction of sp³-hybridized carbons (Fsp3) is 0.500. The summed E-state index contributed by atoms with van der Waals surface area (Å²) in [6, 6.07) is 15.9. The van der Waals surface area contributed by atoms with E-state index >= 15 is 0 Å². The van der Waals surface area contributed by atoms with Gasteiger partial charge in [0.15, 0.2) is 5.96 Å². The number of guanidine groups is 1. The quantitative estimate of drug-likeness (QED) is 0.666. The van der Waals surface area contributed by atoms with E-state index in [1.807, 2.05) is 7.05 Å². The van der Waals surface area contributed by atoms with Crippen LogP contribution in [0.5, 0.6) is 0 Å². The molecule has 2 saturated heterocycles. The SMILES string of the molecule is CN=C(NCCc1ccc2ccccc2c1)N1CCC(N2CCOCC2)C1. The predicted octanol–water partition coefficient (Wildman–Crippen LogP) is 2.36. The van der Waals surface area contributed by atoms with E-state index in [2.05, 4.69) is 62.6 Å². The van der Waals surface area contributed by atoms with Gasteiger partial charge in [0, 0.05) is 45.8 Å². The summed E-state index contributed by atoms with van der Waals surface area (Å²) < 4.78 is 5.49. The third-order valence-electron chi connectivity index (χ3n) is 5.75. The number of fused-ring (bicyclic) bond motifs is 1. The average Bonchev–Trinajstić information content (AvgIpc) is 3.22. The van der Waals surface area contributed by atoms with Crippen molar-refractivity contribution in [2.24, 2.45) is 4.99 Å². The standard InChI is InChI=1S/C22H30N4O/c1-23-22(26-11-9-21(17-26)25-12-14-27-15-13-25)24-10-8-18-6-7-19-4-2-3-5-20(19)16-18/h2-7,16,21H,8-15,17H2,1H3,(H,23,24). The zero-order chi connectivity index (χ0) is 18.5. The topological polar surface area (TPSA) is 40.1 Å². The molecule has 0 saturated carbocycles. The molecule has 0 bridgehead atoms. The van der Waals surface area contributed by atoms with E-state index in [0.717, 1.165) is 58.3 Å². The number of likely N-dealkylation sites (tertiary alicyclic amines) is 1. The Hall–Kier alpha value is -2.11. The fourth-order valence-corrected chi connectivity index (χ4v) is 4.22. The van der Waals surface area contributed by atoms with Gasteiger partial charge in [-0.3, -0.25) is 9.89 Å². The zero-order valence-corrected chi connectivity index (χ0v) is 16.2. The summed E-state index contributed by atoms with van der Waals surface area (Å²) in [7, 11) is 1.89. The number of benzene rings is 2. The van der Waals surface area contributed by atoms with Crippen LogP contribution in [0, 0.1) is 0 Å². The Morgan fingerprint density at radius 1 is 1.11 bits per heavy atom. The summed E-state index contributed by atoms with van der Waals surface area (Å²) in [5.41, 5.74) is 1.37. The predicted molar refractivity (Wildman–Crippen MR) is 111 cm³/mol. The van der Waals surface area contributed by atoms with Crippen LogP contribution in [-0.4, -0.2) is 74.8 Å². The van der Waals surface area contributed by atoms with Crippen LogP contribution in [0.25, 0.3) is 10.8 Å². The van der Waals surface area contributed by atoms with E-state index in [9.17, 15) is 0 Å². The summed E-state index contributed by atoms with van der Waals surface area (Å²) in [5.74, 6) is 1.03. The third kappa shape index (κ3) is 4.42. The molecule has 2 fully saturated rings. The van der Waals surface area contributed by atoms with Gasteiger partial charge in [-0.15, -0.1) is 0 Å². The molecule has 5 heteroatoms. The average molecular weight is 367 g/mol. The lowest BCUT2D eigenvalue weighted by Crippen LogP contribution is -2.46. The van der Waals surface area contributed by atoms with Gasteiger partial charge in [0.25, 0.3) is 0 Å². The molecule has 0 amide bonds. The van der Waals surface area contributed by atoms with E-state index in [-0.39, 0.29) is 0 Å². The molecule has 2 heterocycles. The largest absolute Gasteiger partial charge is 0.379 e. The second-order valence-electron chi connectivity index (χ2n) is 7.44. The Kier molecular flexibility index (Phi) is 5.90. The smallest absolute Gasteiger partial charge is 0.193 e. The van der Waals surface area contributed by atoms with Crippen molar-refractivity contribution in [2.75, 3.05) is 53.0 Å². The van der Waals surface area contributed by atoms with Gasteiger partial charge in [-0.05, 0) is 29.2 Å². The van der Waals surface area contributed by atoms with Crippen molar-refractivity contribution in [1.82, 2.24) is 15.1 Å². The van der Waals surface area contributed by atoms with Gasteiger partial charge in [0.2, 0.25) is 0 Å². The van der Waals surface area contributed by atoms with Gasteiger partial charge in [0.1, 0.15) is 0 Å². The second kappa shape index (κ2) is 8.72. The highest BCUT2D eigenvalue weighted by molar-refractivity contribution is 5.83. The minimum atomic E-state index is 0.632. The molecular weight excluding hydrogens is 336 g/mol. The van der Waals surface area contributed by atoms with Gasteiger partial charge in [-0.2, -0.15) is 0 Å². The molecule has 1 N–H and O–H groups in total. The van der Waals surface area contributed by atoms with Crippen LogP contribution < -0.4 is 5.32 Å². The van der Waals surface area contributed by atoms with E-state index in [1.165, 1.54) is 22.8 Å². The maximum Gasteiger partial charge on any atom is 0.193 e. The molecule has 0 spiro atoms. The Morgan fingerprint density at radius 3 is 2.74 bits per heavy atom. The molecule has 2 aromatic carbocycles. The van der Waals surface area contributed by atoms with Crippen molar-refractivity contribution in [1.29, 1.82) is 0 Å². The molecule has 0 aliphatic carbocycles. The second-order valence-corrected chi connectivity index (χ2v) is 7.44. The van der Waals surface area contributed by atoms with Crippen LogP contribution in [0.2, 0.25) is 0 Å². The fourth-order valence-electron chi connectivity index (χ4n) is 4.22. The molecule has 0 aromatic heterocycles. The highest BCUT2D eigenvalue weighted by atomic mass is 16.5. The summed E-state index contributed by atoms with van der Waals surface area (Å²) >= 11 is 0. The van der Waals surface area contributed by atoms with Crippen molar-refractivity contribution in [3.63, 3.8) is 0 Å². The number of hydrogen-bond donors (Lipinski definition) is 1. The normalized spacial score (nSPS) is 21.7. The maximum absolute atomic E-state index is 5.49. The highest BCUT2D eigenvalue weighted by Crippen LogP contribution is 2.18. The lowest BCUT2D eigenvalue weighted by Gasteiger charge is -2.32. The molecule has 2 aromatic rings. The molecule has 0 radical (unpaired) electrons. The summed E-state index contributed by atoms with van der Waals surface area (Å²) in [6.07, 6.45) is 2.22. The number of nitrogens with one attached hydrogen (secondary N) is 1. The Bertz CT molecular complexity index is 785. The Morgan fingerprint density at radius 2 is 1.93 bits per heavy atom. The highest BCUT2D eigenvalue weighted by Gasteiger charge is 2.30. The number of rotatable bonds is 4. The van der Waals surface area contributed by atoms with Crippen molar-refractivity contribution < 1.29 is 4.74 Å². The molecule has 144 valence electrons. The number of aliphatic imine (C=N–C) groups is 1.